The third-order valence-electron chi connectivity index (χ3n) is 3.15. The van der Waals surface area contributed by atoms with E-state index < -0.39 is 23.8 Å². The molecule has 1 aromatic rings. The number of aliphatic hydroxyl groups excluding tert-OH is 1. The normalized spacial score (nSPS) is 13.8. The monoisotopic (exact) mass is 301 g/mol. The molecular formula is C15H21F2NO3. The topological polar surface area (TPSA) is 58.6 Å². The number of nitrogens with one attached hydrogen (secondary N) is 1. The molecule has 0 radical (unpaired) electrons. The Bertz CT molecular complexity index is 468. The van der Waals surface area contributed by atoms with Crippen molar-refractivity contribution in [2.75, 3.05) is 13.7 Å². The first-order valence-electron chi connectivity index (χ1n) is 6.87. The van der Waals surface area contributed by atoms with Gasteiger partial charge in [-0.2, -0.15) is 0 Å². The number of methoxy groups -OCH3 is 1. The molecule has 1 amide bonds. The minimum Gasteiger partial charge on any atom is -0.386 e. The fourth-order valence-electron chi connectivity index (χ4n) is 1.92. The van der Waals surface area contributed by atoms with Crippen LogP contribution in [-0.2, 0) is 9.53 Å². The van der Waals surface area contributed by atoms with Gasteiger partial charge in [0.2, 0.25) is 5.91 Å². The van der Waals surface area contributed by atoms with Gasteiger partial charge in [0.25, 0.3) is 0 Å². The van der Waals surface area contributed by atoms with Crippen LogP contribution in [0.2, 0.25) is 0 Å². The SMILES string of the molecule is COCCCCC(=O)NC(C)C(O)c1ccc(F)c(F)c1. The molecule has 2 unspecified atom stereocenters. The summed E-state index contributed by atoms with van der Waals surface area (Å²) >= 11 is 0. The standard InChI is InChI=1S/C15H21F2NO3/c1-10(18-14(19)5-3-4-8-21-2)15(20)11-6-7-12(16)13(17)9-11/h6-7,9-10,15,20H,3-5,8H2,1-2H3,(H,18,19). The zero-order valence-electron chi connectivity index (χ0n) is 12.2. The van der Waals surface area contributed by atoms with Crippen LogP contribution in [0.25, 0.3) is 0 Å². The van der Waals surface area contributed by atoms with Gasteiger partial charge < -0.3 is 15.2 Å². The first kappa shape index (κ1) is 17.5. The summed E-state index contributed by atoms with van der Waals surface area (Å²) in [6.07, 6.45) is 0.707. The Morgan fingerprint density at radius 3 is 2.67 bits per heavy atom. The molecule has 118 valence electrons. The third-order valence-corrected chi connectivity index (χ3v) is 3.15. The molecule has 0 saturated carbocycles. The van der Waals surface area contributed by atoms with Crippen molar-refractivity contribution in [1.82, 2.24) is 5.32 Å². The fourth-order valence-corrected chi connectivity index (χ4v) is 1.92. The van der Waals surface area contributed by atoms with Gasteiger partial charge in [-0.25, -0.2) is 8.78 Å². The molecular weight excluding hydrogens is 280 g/mol. The predicted molar refractivity (Wildman–Crippen MR) is 74.6 cm³/mol. The molecule has 2 N–H and O–H groups in total. The first-order chi connectivity index (χ1) is 9.95. The van der Waals surface area contributed by atoms with E-state index in [9.17, 15) is 18.7 Å². The Morgan fingerprint density at radius 1 is 1.33 bits per heavy atom. The van der Waals surface area contributed by atoms with E-state index in [-0.39, 0.29) is 11.5 Å². The van der Waals surface area contributed by atoms with Gasteiger partial charge in [-0.05, 0) is 37.5 Å². The van der Waals surface area contributed by atoms with Gasteiger partial charge >= 0.3 is 0 Å². The minimum atomic E-state index is -1.09. The van der Waals surface area contributed by atoms with Crippen molar-refractivity contribution < 1.29 is 23.4 Å². The van der Waals surface area contributed by atoms with E-state index in [0.29, 0.717) is 19.4 Å². The van der Waals surface area contributed by atoms with Crippen molar-refractivity contribution in [2.45, 2.75) is 38.3 Å². The van der Waals surface area contributed by atoms with Crippen LogP contribution in [0.1, 0.15) is 37.9 Å². The quantitative estimate of drug-likeness (QED) is 0.725. The van der Waals surface area contributed by atoms with E-state index in [4.69, 9.17) is 4.74 Å². The zero-order chi connectivity index (χ0) is 15.8. The molecule has 0 aliphatic carbocycles. The first-order valence-corrected chi connectivity index (χ1v) is 6.87. The molecule has 0 bridgehead atoms. The summed E-state index contributed by atoms with van der Waals surface area (Å²) in [4.78, 5) is 11.7. The summed E-state index contributed by atoms with van der Waals surface area (Å²) in [6, 6.07) is 2.59. The summed E-state index contributed by atoms with van der Waals surface area (Å²) < 4.78 is 30.8. The van der Waals surface area contributed by atoms with Gasteiger partial charge in [0.05, 0.1) is 12.1 Å². The van der Waals surface area contributed by atoms with Gasteiger partial charge in [0.1, 0.15) is 0 Å². The average Bonchev–Trinajstić information content (AvgIpc) is 2.45. The maximum Gasteiger partial charge on any atom is 0.220 e. The molecule has 0 aliphatic heterocycles. The van der Waals surface area contributed by atoms with E-state index >= 15 is 0 Å². The Labute approximate surface area is 123 Å². The van der Waals surface area contributed by atoms with Gasteiger partial charge in [0, 0.05) is 20.1 Å². The van der Waals surface area contributed by atoms with Crippen molar-refractivity contribution >= 4 is 5.91 Å². The van der Waals surface area contributed by atoms with E-state index in [2.05, 4.69) is 5.32 Å². The number of amides is 1. The number of benzene rings is 1. The molecule has 0 aliphatic rings. The second-order valence-corrected chi connectivity index (χ2v) is 4.92. The smallest absolute Gasteiger partial charge is 0.220 e. The molecule has 21 heavy (non-hydrogen) atoms. The Kier molecular flexibility index (Phi) is 7.25. The number of hydrogen-bond donors (Lipinski definition) is 2. The molecule has 2 atom stereocenters. The fraction of sp³-hybridized carbons (Fsp3) is 0.533. The Hall–Kier alpha value is -1.53. The summed E-state index contributed by atoms with van der Waals surface area (Å²) in [5, 5.41) is 12.7. The molecule has 0 heterocycles. The Morgan fingerprint density at radius 2 is 2.05 bits per heavy atom. The van der Waals surface area contributed by atoms with Crippen LogP contribution in [0.4, 0.5) is 8.78 Å². The van der Waals surface area contributed by atoms with E-state index in [0.717, 1.165) is 18.6 Å². The van der Waals surface area contributed by atoms with Crippen molar-refractivity contribution in [1.29, 1.82) is 0 Å². The molecule has 1 rings (SSSR count). The lowest BCUT2D eigenvalue weighted by atomic mass is 10.0. The summed E-state index contributed by atoms with van der Waals surface area (Å²) in [5.74, 6) is -2.19. The van der Waals surface area contributed by atoms with Crippen LogP contribution < -0.4 is 5.32 Å². The van der Waals surface area contributed by atoms with E-state index in [1.165, 1.54) is 6.07 Å². The highest BCUT2D eigenvalue weighted by Gasteiger charge is 2.19. The van der Waals surface area contributed by atoms with Crippen molar-refractivity contribution in [3.63, 3.8) is 0 Å². The summed E-state index contributed by atoms with van der Waals surface area (Å²) in [6.45, 7) is 2.21. The van der Waals surface area contributed by atoms with Gasteiger partial charge in [-0.3, -0.25) is 4.79 Å². The molecule has 6 heteroatoms. The number of halogens is 2. The molecule has 4 nitrogen and oxygen atoms in total. The van der Waals surface area contributed by atoms with Crippen LogP contribution in [-0.4, -0.2) is 30.8 Å². The number of carbonyl (C=O) groups is 1. The zero-order valence-corrected chi connectivity index (χ0v) is 12.2. The van der Waals surface area contributed by atoms with E-state index in [1.54, 1.807) is 14.0 Å². The highest BCUT2D eigenvalue weighted by molar-refractivity contribution is 5.76. The molecule has 0 saturated heterocycles. The minimum absolute atomic E-state index is 0.194. The third kappa shape index (κ3) is 5.77. The van der Waals surface area contributed by atoms with Gasteiger partial charge in [0.15, 0.2) is 11.6 Å². The van der Waals surface area contributed by atoms with Gasteiger partial charge in [-0.15, -0.1) is 0 Å². The number of hydrogen-bond acceptors (Lipinski definition) is 3. The molecule has 0 aromatic heterocycles. The summed E-state index contributed by atoms with van der Waals surface area (Å²) in [5.41, 5.74) is 0.223. The predicted octanol–water partition coefficient (Wildman–Crippen LogP) is 2.32. The second-order valence-electron chi connectivity index (χ2n) is 4.92. The number of ether oxygens (including phenoxy) is 1. The van der Waals surface area contributed by atoms with Crippen LogP contribution in [0.3, 0.4) is 0 Å². The van der Waals surface area contributed by atoms with Crippen molar-refractivity contribution in [3.8, 4) is 0 Å². The summed E-state index contributed by atoms with van der Waals surface area (Å²) in [7, 11) is 1.60. The van der Waals surface area contributed by atoms with Crippen LogP contribution in [0.15, 0.2) is 18.2 Å². The molecule has 0 spiro atoms. The molecule has 0 fully saturated rings. The maximum atomic E-state index is 13.1. The highest BCUT2D eigenvalue weighted by Crippen LogP contribution is 2.19. The number of carbonyl (C=O) groups excluding carboxylic acids is 1. The van der Waals surface area contributed by atoms with Gasteiger partial charge in [-0.1, -0.05) is 6.07 Å². The van der Waals surface area contributed by atoms with E-state index in [1.807, 2.05) is 0 Å². The lowest BCUT2D eigenvalue weighted by Gasteiger charge is -2.20. The van der Waals surface area contributed by atoms with Crippen molar-refractivity contribution in [3.05, 3.63) is 35.4 Å². The van der Waals surface area contributed by atoms with Crippen molar-refractivity contribution in [2.24, 2.45) is 0 Å². The molecule has 1 aromatic carbocycles. The lowest BCUT2D eigenvalue weighted by molar-refractivity contribution is -0.122. The number of rotatable bonds is 8. The maximum absolute atomic E-state index is 13.1. The van der Waals surface area contributed by atoms with Crippen LogP contribution in [0.5, 0.6) is 0 Å². The number of unbranched alkanes of at least 4 members (excludes halogenated alkanes) is 1. The highest BCUT2D eigenvalue weighted by atomic mass is 19.2. The Balaban J connectivity index is 2.48. The average molecular weight is 301 g/mol. The largest absolute Gasteiger partial charge is 0.386 e. The van der Waals surface area contributed by atoms with Crippen LogP contribution in [0, 0.1) is 11.6 Å². The number of aliphatic hydroxyl groups is 1. The second kappa shape index (κ2) is 8.69. The lowest BCUT2D eigenvalue weighted by Crippen LogP contribution is -2.37. The van der Waals surface area contributed by atoms with Crippen LogP contribution >= 0.6 is 0 Å².